The maximum Gasteiger partial charge on any atom is 0.137 e. The highest BCUT2D eigenvalue weighted by Gasteiger charge is 2.15. The van der Waals surface area contributed by atoms with Gasteiger partial charge in [-0.15, -0.1) is 0 Å². The number of aryl methyl sites for hydroxylation is 1. The molecule has 0 bridgehead atoms. The van der Waals surface area contributed by atoms with Gasteiger partial charge in [0.1, 0.15) is 12.7 Å². The molecule has 0 aromatic carbocycles. The molecule has 0 aliphatic rings. The van der Waals surface area contributed by atoms with Crippen molar-refractivity contribution in [1.29, 1.82) is 5.26 Å². The van der Waals surface area contributed by atoms with Crippen LogP contribution in [0.5, 0.6) is 0 Å². The third-order valence-electron chi connectivity index (χ3n) is 2.21. The van der Waals surface area contributed by atoms with E-state index < -0.39 is 0 Å². The molecule has 4 heteroatoms. The topological polar surface area (TPSA) is 54.5 Å². The molecule has 14 heavy (non-hydrogen) atoms. The summed E-state index contributed by atoms with van der Waals surface area (Å²) in [6, 6.07) is 2.30. The maximum atomic E-state index is 8.80. The first-order valence-corrected chi connectivity index (χ1v) is 4.88. The molecule has 0 atom stereocenters. The third kappa shape index (κ3) is 3.56. The molecule has 0 aliphatic heterocycles. The van der Waals surface area contributed by atoms with E-state index in [-0.39, 0.29) is 5.41 Å². The summed E-state index contributed by atoms with van der Waals surface area (Å²) in [5, 5.41) is 12.8. The molecule has 0 saturated carbocycles. The van der Waals surface area contributed by atoms with Gasteiger partial charge in [0.25, 0.3) is 0 Å². The predicted molar refractivity (Wildman–Crippen MR) is 53.3 cm³/mol. The Morgan fingerprint density at radius 1 is 1.43 bits per heavy atom. The van der Waals surface area contributed by atoms with E-state index in [0.29, 0.717) is 0 Å². The van der Waals surface area contributed by atoms with Crippen molar-refractivity contribution >= 4 is 0 Å². The molecule has 1 aromatic heterocycles. The molecule has 0 spiro atoms. The zero-order chi connectivity index (χ0) is 10.4. The lowest BCUT2D eigenvalue weighted by Crippen LogP contribution is -2.08. The lowest BCUT2D eigenvalue weighted by molar-refractivity contribution is 0.411. The summed E-state index contributed by atoms with van der Waals surface area (Å²) in [5.41, 5.74) is -0.192. The second-order valence-corrected chi connectivity index (χ2v) is 4.11. The zero-order valence-corrected chi connectivity index (χ0v) is 8.77. The molecule has 0 N–H and O–H groups in total. The van der Waals surface area contributed by atoms with E-state index in [9.17, 15) is 0 Å². The van der Waals surface area contributed by atoms with Crippen LogP contribution in [0.4, 0.5) is 0 Å². The molecular formula is C10H16N4. The van der Waals surface area contributed by atoms with Gasteiger partial charge in [0.15, 0.2) is 0 Å². The van der Waals surface area contributed by atoms with Gasteiger partial charge in [0, 0.05) is 6.54 Å². The summed E-state index contributed by atoms with van der Waals surface area (Å²) in [7, 11) is 0. The highest BCUT2D eigenvalue weighted by molar-refractivity contribution is 4.91. The minimum absolute atomic E-state index is 0.192. The molecule has 1 aromatic rings. The first-order chi connectivity index (χ1) is 6.64. The van der Waals surface area contributed by atoms with Gasteiger partial charge in [-0.25, -0.2) is 4.98 Å². The van der Waals surface area contributed by atoms with Gasteiger partial charge in [0.05, 0.1) is 11.5 Å². The molecule has 76 valence electrons. The van der Waals surface area contributed by atoms with Crippen molar-refractivity contribution in [2.24, 2.45) is 5.41 Å². The number of hydrogen-bond donors (Lipinski definition) is 0. The Bertz CT molecular complexity index is 294. The van der Waals surface area contributed by atoms with Crippen LogP contribution in [0.15, 0.2) is 12.7 Å². The van der Waals surface area contributed by atoms with E-state index in [4.69, 9.17) is 5.26 Å². The average Bonchev–Trinajstić information content (AvgIpc) is 2.65. The monoisotopic (exact) mass is 192 g/mol. The highest BCUT2D eigenvalue weighted by Crippen LogP contribution is 2.21. The fourth-order valence-electron chi connectivity index (χ4n) is 1.24. The van der Waals surface area contributed by atoms with E-state index in [1.807, 2.05) is 18.5 Å². The van der Waals surface area contributed by atoms with Crippen molar-refractivity contribution in [3.63, 3.8) is 0 Å². The summed E-state index contributed by atoms with van der Waals surface area (Å²) in [4.78, 5) is 3.87. The average molecular weight is 192 g/mol. The molecule has 0 saturated heterocycles. The lowest BCUT2D eigenvalue weighted by atomic mass is 9.89. The van der Waals surface area contributed by atoms with Crippen molar-refractivity contribution in [2.75, 3.05) is 0 Å². The van der Waals surface area contributed by atoms with Crippen LogP contribution in [-0.4, -0.2) is 14.8 Å². The maximum absolute atomic E-state index is 8.80. The molecule has 0 fully saturated rings. The Morgan fingerprint density at radius 3 is 2.79 bits per heavy atom. The SMILES string of the molecule is CC(C)(C#N)CCCCn1cncn1. The fraction of sp³-hybridized carbons (Fsp3) is 0.700. The number of aromatic nitrogens is 3. The quantitative estimate of drug-likeness (QED) is 0.670. The minimum Gasteiger partial charge on any atom is -0.253 e. The number of rotatable bonds is 5. The Kier molecular flexibility index (Phi) is 3.63. The number of hydrogen-bond acceptors (Lipinski definition) is 3. The standard InChI is InChI=1S/C10H16N4/c1-10(2,7-11)5-3-4-6-14-9-12-8-13-14/h8-9H,3-6H2,1-2H3. The van der Waals surface area contributed by atoms with Gasteiger partial charge in [-0.3, -0.25) is 4.68 Å². The first-order valence-electron chi connectivity index (χ1n) is 4.88. The van der Waals surface area contributed by atoms with E-state index in [1.165, 1.54) is 0 Å². The van der Waals surface area contributed by atoms with Crippen LogP contribution in [0.1, 0.15) is 33.1 Å². The summed E-state index contributed by atoms with van der Waals surface area (Å²) in [6.45, 7) is 4.84. The van der Waals surface area contributed by atoms with Gasteiger partial charge < -0.3 is 0 Å². The Hall–Kier alpha value is -1.37. The molecule has 0 unspecified atom stereocenters. The Morgan fingerprint density at radius 2 is 2.21 bits per heavy atom. The van der Waals surface area contributed by atoms with Crippen LogP contribution in [-0.2, 0) is 6.54 Å². The van der Waals surface area contributed by atoms with Crippen molar-refractivity contribution in [3.8, 4) is 6.07 Å². The van der Waals surface area contributed by atoms with E-state index in [2.05, 4.69) is 16.2 Å². The van der Waals surface area contributed by atoms with E-state index >= 15 is 0 Å². The summed E-state index contributed by atoms with van der Waals surface area (Å²) < 4.78 is 1.82. The van der Waals surface area contributed by atoms with Crippen LogP contribution >= 0.6 is 0 Å². The minimum atomic E-state index is -0.192. The number of unbranched alkanes of at least 4 members (excludes halogenated alkanes) is 1. The van der Waals surface area contributed by atoms with Crippen molar-refractivity contribution < 1.29 is 0 Å². The zero-order valence-electron chi connectivity index (χ0n) is 8.77. The molecule has 0 aliphatic carbocycles. The fourth-order valence-corrected chi connectivity index (χ4v) is 1.24. The smallest absolute Gasteiger partial charge is 0.137 e. The molecule has 0 amide bonds. The van der Waals surface area contributed by atoms with E-state index in [0.717, 1.165) is 25.8 Å². The molecule has 0 radical (unpaired) electrons. The third-order valence-corrected chi connectivity index (χ3v) is 2.21. The summed E-state index contributed by atoms with van der Waals surface area (Å²) in [6.07, 6.45) is 6.31. The lowest BCUT2D eigenvalue weighted by Gasteiger charge is -2.13. The van der Waals surface area contributed by atoms with Crippen molar-refractivity contribution in [1.82, 2.24) is 14.8 Å². The van der Waals surface area contributed by atoms with Gasteiger partial charge in [-0.2, -0.15) is 10.4 Å². The Labute approximate surface area is 84.6 Å². The second-order valence-electron chi connectivity index (χ2n) is 4.11. The van der Waals surface area contributed by atoms with Gasteiger partial charge >= 0.3 is 0 Å². The van der Waals surface area contributed by atoms with Crippen LogP contribution < -0.4 is 0 Å². The van der Waals surface area contributed by atoms with Gasteiger partial charge in [-0.1, -0.05) is 6.42 Å². The summed E-state index contributed by atoms with van der Waals surface area (Å²) in [5.74, 6) is 0. The van der Waals surface area contributed by atoms with Crippen LogP contribution in [0.3, 0.4) is 0 Å². The van der Waals surface area contributed by atoms with Crippen LogP contribution in [0.25, 0.3) is 0 Å². The summed E-state index contributed by atoms with van der Waals surface area (Å²) >= 11 is 0. The molecule has 1 heterocycles. The number of nitriles is 1. The van der Waals surface area contributed by atoms with Gasteiger partial charge in [0.2, 0.25) is 0 Å². The second kappa shape index (κ2) is 4.75. The van der Waals surface area contributed by atoms with E-state index in [1.54, 1.807) is 12.7 Å². The van der Waals surface area contributed by atoms with Crippen molar-refractivity contribution in [3.05, 3.63) is 12.7 Å². The highest BCUT2D eigenvalue weighted by atomic mass is 15.3. The molecule has 4 nitrogen and oxygen atoms in total. The van der Waals surface area contributed by atoms with Crippen molar-refractivity contribution in [2.45, 2.75) is 39.7 Å². The normalized spacial score (nSPS) is 11.2. The Balaban J connectivity index is 2.15. The van der Waals surface area contributed by atoms with Crippen LogP contribution in [0, 0.1) is 16.7 Å². The largest absolute Gasteiger partial charge is 0.253 e. The molecule has 1 rings (SSSR count). The van der Waals surface area contributed by atoms with Gasteiger partial charge in [-0.05, 0) is 26.7 Å². The first kappa shape index (κ1) is 10.7. The predicted octanol–water partition coefficient (Wildman–Crippen LogP) is 2.00. The van der Waals surface area contributed by atoms with Crippen LogP contribution in [0.2, 0.25) is 0 Å². The number of nitrogens with zero attached hydrogens (tertiary/aromatic N) is 4. The molecular weight excluding hydrogens is 176 g/mol.